The van der Waals surface area contributed by atoms with Crippen LogP contribution >= 0.6 is 23.4 Å². The lowest BCUT2D eigenvalue weighted by atomic mass is 10.3. The normalized spacial score (nSPS) is 9.56. The van der Waals surface area contributed by atoms with Gasteiger partial charge in [-0.25, -0.2) is 4.39 Å². The van der Waals surface area contributed by atoms with Crippen molar-refractivity contribution in [3.8, 4) is 12.3 Å². The van der Waals surface area contributed by atoms with Crippen LogP contribution in [0.5, 0.6) is 0 Å². The smallest absolute Gasteiger partial charge is 0.231 e. The summed E-state index contributed by atoms with van der Waals surface area (Å²) in [6, 6.07) is 4.32. The van der Waals surface area contributed by atoms with Gasteiger partial charge in [-0.15, -0.1) is 18.2 Å². The van der Waals surface area contributed by atoms with Gasteiger partial charge in [0.1, 0.15) is 5.82 Å². The van der Waals surface area contributed by atoms with Gasteiger partial charge in [-0.3, -0.25) is 4.79 Å². The fourth-order valence-electron chi connectivity index (χ4n) is 0.916. The molecular formula is C11H9ClFNOS. The SMILES string of the molecule is C#CCNC(=O)CSc1ccc(F)c(Cl)c1. The Labute approximate surface area is 103 Å². The molecule has 1 N–H and O–H groups in total. The van der Waals surface area contributed by atoms with Crippen LogP contribution in [-0.4, -0.2) is 18.2 Å². The molecule has 0 spiro atoms. The average Bonchev–Trinajstić information content (AvgIpc) is 2.28. The maximum Gasteiger partial charge on any atom is 0.231 e. The number of benzene rings is 1. The van der Waals surface area contributed by atoms with Crippen molar-refractivity contribution in [3.05, 3.63) is 29.0 Å². The monoisotopic (exact) mass is 257 g/mol. The molecule has 0 heterocycles. The second-order valence-corrected chi connectivity index (χ2v) is 4.30. The third-order valence-corrected chi connectivity index (χ3v) is 2.93. The van der Waals surface area contributed by atoms with Crippen LogP contribution in [0.15, 0.2) is 23.1 Å². The van der Waals surface area contributed by atoms with E-state index < -0.39 is 5.82 Å². The summed E-state index contributed by atoms with van der Waals surface area (Å²) in [7, 11) is 0. The van der Waals surface area contributed by atoms with E-state index in [0.29, 0.717) is 0 Å². The molecule has 1 amide bonds. The molecule has 5 heteroatoms. The molecule has 0 bridgehead atoms. The Bertz CT molecular complexity index is 430. The first-order valence-electron chi connectivity index (χ1n) is 4.41. The highest BCUT2D eigenvalue weighted by Gasteiger charge is 2.04. The van der Waals surface area contributed by atoms with Crippen LogP contribution in [0, 0.1) is 18.2 Å². The van der Waals surface area contributed by atoms with E-state index in [4.69, 9.17) is 18.0 Å². The predicted molar refractivity (Wildman–Crippen MR) is 64.0 cm³/mol. The molecule has 0 saturated heterocycles. The van der Waals surface area contributed by atoms with Crippen molar-refractivity contribution in [3.63, 3.8) is 0 Å². The Kier molecular flexibility index (Phi) is 5.17. The molecule has 1 aromatic rings. The number of hydrogen-bond donors (Lipinski definition) is 1. The van der Waals surface area contributed by atoms with Crippen molar-refractivity contribution in [2.24, 2.45) is 0 Å². The fourth-order valence-corrected chi connectivity index (χ4v) is 1.93. The minimum Gasteiger partial charge on any atom is -0.344 e. The van der Waals surface area contributed by atoms with Crippen molar-refractivity contribution < 1.29 is 9.18 Å². The van der Waals surface area contributed by atoms with E-state index >= 15 is 0 Å². The number of nitrogens with one attached hydrogen (secondary N) is 1. The quantitative estimate of drug-likeness (QED) is 0.663. The molecule has 0 aliphatic heterocycles. The molecule has 0 saturated carbocycles. The largest absolute Gasteiger partial charge is 0.344 e. The van der Waals surface area contributed by atoms with E-state index in [9.17, 15) is 9.18 Å². The van der Waals surface area contributed by atoms with Gasteiger partial charge in [-0.05, 0) is 18.2 Å². The van der Waals surface area contributed by atoms with Crippen molar-refractivity contribution in [1.29, 1.82) is 0 Å². The number of halogens is 2. The zero-order valence-corrected chi connectivity index (χ0v) is 9.87. The highest BCUT2D eigenvalue weighted by atomic mass is 35.5. The van der Waals surface area contributed by atoms with Gasteiger partial charge in [0.05, 0.1) is 17.3 Å². The van der Waals surface area contributed by atoms with Crippen LogP contribution < -0.4 is 5.32 Å². The lowest BCUT2D eigenvalue weighted by Gasteiger charge is -2.02. The van der Waals surface area contributed by atoms with Crippen LogP contribution in [0.3, 0.4) is 0 Å². The predicted octanol–water partition coefficient (Wildman–Crippen LogP) is 2.32. The first-order valence-corrected chi connectivity index (χ1v) is 5.78. The summed E-state index contributed by atoms with van der Waals surface area (Å²) in [5.74, 6) is 1.89. The Morgan fingerprint density at radius 2 is 2.38 bits per heavy atom. The van der Waals surface area contributed by atoms with Crippen molar-refractivity contribution >= 4 is 29.3 Å². The van der Waals surface area contributed by atoms with Crippen LogP contribution in [0.1, 0.15) is 0 Å². The third-order valence-electron chi connectivity index (χ3n) is 1.65. The van der Waals surface area contributed by atoms with Crippen molar-refractivity contribution in [2.75, 3.05) is 12.3 Å². The van der Waals surface area contributed by atoms with Gasteiger partial charge >= 0.3 is 0 Å². The minimum absolute atomic E-state index is 0.0500. The molecule has 0 fully saturated rings. The van der Waals surface area contributed by atoms with Crippen molar-refractivity contribution in [2.45, 2.75) is 4.90 Å². The maximum atomic E-state index is 12.8. The fraction of sp³-hybridized carbons (Fsp3) is 0.182. The molecule has 0 unspecified atom stereocenters. The number of terminal acetylenes is 1. The van der Waals surface area contributed by atoms with E-state index in [1.807, 2.05) is 0 Å². The molecule has 16 heavy (non-hydrogen) atoms. The maximum absolute atomic E-state index is 12.8. The standard InChI is InChI=1S/C11H9ClFNOS/c1-2-5-14-11(15)7-16-8-3-4-10(13)9(12)6-8/h1,3-4,6H,5,7H2,(H,14,15). The van der Waals surface area contributed by atoms with Crippen molar-refractivity contribution in [1.82, 2.24) is 5.32 Å². The van der Waals surface area contributed by atoms with E-state index in [-0.39, 0.29) is 23.2 Å². The topological polar surface area (TPSA) is 29.1 Å². The molecule has 0 aliphatic rings. The summed E-state index contributed by atoms with van der Waals surface area (Å²) in [4.78, 5) is 11.9. The Morgan fingerprint density at radius 3 is 3.00 bits per heavy atom. The Hall–Kier alpha value is -1.18. The van der Waals surface area contributed by atoms with E-state index in [2.05, 4.69) is 11.2 Å². The molecule has 1 aromatic carbocycles. The van der Waals surface area contributed by atoms with Gasteiger partial charge in [-0.2, -0.15) is 0 Å². The number of amides is 1. The number of hydrogen-bond acceptors (Lipinski definition) is 2. The first-order chi connectivity index (χ1) is 7.63. The van der Waals surface area contributed by atoms with Gasteiger partial charge in [0.15, 0.2) is 0 Å². The summed E-state index contributed by atoms with van der Waals surface area (Å²) in [5.41, 5.74) is 0. The Balaban J connectivity index is 2.46. The highest BCUT2D eigenvalue weighted by Crippen LogP contribution is 2.23. The van der Waals surface area contributed by atoms with Gasteiger partial charge < -0.3 is 5.32 Å². The van der Waals surface area contributed by atoms with Crippen LogP contribution in [0.2, 0.25) is 5.02 Å². The van der Waals surface area contributed by atoms with Crippen LogP contribution in [-0.2, 0) is 4.79 Å². The second-order valence-electron chi connectivity index (χ2n) is 2.85. The van der Waals surface area contributed by atoms with Gasteiger partial charge in [-0.1, -0.05) is 17.5 Å². The second kappa shape index (κ2) is 6.41. The molecule has 0 aromatic heterocycles. The average molecular weight is 258 g/mol. The third kappa shape index (κ3) is 4.13. The van der Waals surface area contributed by atoms with Gasteiger partial charge in [0, 0.05) is 4.90 Å². The molecule has 1 rings (SSSR count). The first kappa shape index (κ1) is 12.9. The number of thioether (sulfide) groups is 1. The number of carbonyl (C=O) groups excluding carboxylic acids is 1. The van der Waals surface area contributed by atoms with Gasteiger partial charge in [0.2, 0.25) is 5.91 Å². The van der Waals surface area contributed by atoms with Crippen LogP contribution in [0.4, 0.5) is 4.39 Å². The van der Waals surface area contributed by atoms with Gasteiger partial charge in [0.25, 0.3) is 0 Å². The summed E-state index contributed by atoms with van der Waals surface area (Å²) in [6.07, 6.45) is 4.99. The van der Waals surface area contributed by atoms with E-state index in [0.717, 1.165) is 4.90 Å². The molecule has 2 nitrogen and oxygen atoms in total. The number of carbonyl (C=O) groups is 1. The zero-order chi connectivity index (χ0) is 12.0. The summed E-state index contributed by atoms with van der Waals surface area (Å²) in [5, 5.41) is 2.58. The summed E-state index contributed by atoms with van der Waals surface area (Å²) in [6.45, 7) is 0.212. The number of rotatable bonds is 4. The molecule has 0 aliphatic carbocycles. The molecular weight excluding hydrogens is 249 g/mol. The lowest BCUT2D eigenvalue weighted by Crippen LogP contribution is -2.25. The Morgan fingerprint density at radius 1 is 1.62 bits per heavy atom. The summed E-state index contributed by atoms with van der Waals surface area (Å²) < 4.78 is 12.8. The molecule has 0 atom stereocenters. The van der Waals surface area contributed by atoms with Crippen LogP contribution in [0.25, 0.3) is 0 Å². The summed E-state index contributed by atoms with van der Waals surface area (Å²) >= 11 is 6.87. The zero-order valence-electron chi connectivity index (χ0n) is 8.30. The molecule has 84 valence electrons. The van der Waals surface area contributed by atoms with E-state index in [1.165, 1.54) is 23.9 Å². The lowest BCUT2D eigenvalue weighted by molar-refractivity contribution is -0.118. The van der Waals surface area contributed by atoms with E-state index in [1.54, 1.807) is 6.07 Å². The highest BCUT2D eigenvalue weighted by molar-refractivity contribution is 8.00. The molecule has 0 radical (unpaired) electrons. The minimum atomic E-state index is -0.470.